The zero-order valence-electron chi connectivity index (χ0n) is 9.21. The van der Waals surface area contributed by atoms with Gasteiger partial charge in [-0.25, -0.2) is 4.98 Å². The van der Waals surface area contributed by atoms with Gasteiger partial charge in [0, 0.05) is 16.9 Å². The number of thioether (sulfide) groups is 1. The minimum Gasteiger partial charge on any atom is -0.496 e. The molecule has 0 spiro atoms. The van der Waals surface area contributed by atoms with Crippen LogP contribution in [-0.2, 0) is 5.75 Å². The number of aldehydes is 1. The van der Waals surface area contributed by atoms with Crippen LogP contribution in [0.25, 0.3) is 0 Å². The van der Waals surface area contributed by atoms with E-state index in [0.717, 1.165) is 22.8 Å². The van der Waals surface area contributed by atoms with Crippen molar-refractivity contribution in [2.75, 3.05) is 7.11 Å². The van der Waals surface area contributed by atoms with Crippen molar-refractivity contribution < 1.29 is 9.53 Å². The van der Waals surface area contributed by atoms with Crippen LogP contribution in [0.3, 0.4) is 0 Å². The third kappa shape index (κ3) is 2.85. The maximum Gasteiger partial charge on any atom is 0.183 e. The Balaban J connectivity index is 2.15. The lowest BCUT2D eigenvalue weighted by Crippen LogP contribution is -1.93. The predicted octanol–water partition coefficient (Wildman–Crippen LogP) is 1.92. The highest BCUT2D eigenvalue weighted by molar-refractivity contribution is 7.98. The second-order valence-corrected chi connectivity index (χ2v) is 4.23. The Morgan fingerprint density at radius 1 is 1.53 bits per heavy atom. The summed E-state index contributed by atoms with van der Waals surface area (Å²) in [5, 5.41) is 7.27. The molecule has 0 fully saturated rings. The number of carbonyl (C=O) groups is 1. The number of nitrogens with one attached hydrogen (secondary N) is 1. The number of benzene rings is 1. The monoisotopic (exact) mass is 249 g/mol. The number of H-pyrrole nitrogens is 1. The fraction of sp³-hybridized carbons (Fsp3) is 0.182. The highest BCUT2D eigenvalue weighted by Crippen LogP contribution is 2.26. The molecular formula is C11H11N3O2S. The van der Waals surface area contributed by atoms with E-state index in [1.54, 1.807) is 19.2 Å². The molecule has 5 nitrogen and oxygen atoms in total. The molecule has 0 aliphatic rings. The lowest BCUT2D eigenvalue weighted by molar-refractivity contribution is 0.112. The zero-order valence-corrected chi connectivity index (χ0v) is 10.0. The van der Waals surface area contributed by atoms with E-state index >= 15 is 0 Å². The molecule has 2 rings (SSSR count). The molecule has 1 heterocycles. The highest BCUT2D eigenvalue weighted by Gasteiger charge is 2.06. The Morgan fingerprint density at radius 2 is 2.41 bits per heavy atom. The molecule has 0 amide bonds. The van der Waals surface area contributed by atoms with E-state index < -0.39 is 0 Å². The van der Waals surface area contributed by atoms with E-state index in [2.05, 4.69) is 15.2 Å². The van der Waals surface area contributed by atoms with Crippen LogP contribution >= 0.6 is 11.8 Å². The number of rotatable bonds is 5. The zero-order chi connectivity index (χ0) is 12.1. The summed E-state index contributed by atoms with van der Waals surface area (Å²) in [7, 11) is 1.61. The van der Waals surface area contributed by atoms with Gasteiger partial charge in [-0.15, -0.1) is 0 Å². The topological polar surface area (TPSA) is 67.9 Å². The van der Waals surface area contributed by atoms with E-state index in [1.807, 2.05) is 6.07 Å². The van der Waals surface area contributed by atoms with Gasteiger partial charge in [0.15, 0.2) is 5.16 Å². The summed E-state index contributed by atoms with van der Waals surface area (Å²) in [6.45, 7) is 0. The number of carbonyl (C=O) groups excluding carboxylic acids is 1. The first-order valence-electron chi connectivity index (χ1n) is 4.93. The van der Waals surface area contributed by atoms with Crippen LogP contribution in [-0.4, -0.2) is 28.6 Å². The van der Waals surface area contributed by atoms with Crippen molar-refractivity contribution in [1.82, 2.24) is 15.2 Å². The molecule has 6 heteroatoms. The fourth-order valence-electron chi connectivity index (χ4n) is 1.39. The predicted molar refractivity (Wildman–Crippen MR) is 64.3 cm³/mol. The van der Waals surface area contributed by atoms with Crippen molar-refractivity contribution in [1.29, 1.82) is 0 Å². The van der Waals surface area contributed by atoms with E-state index in [9.17, 15) is 4.79 Å². The molecule has 17 heavy (non-hydrogen) atoms. The molecule has 0 aliphatic carbocycles. The van der Waals surface area contributed by atoms with Crippen molar-refractivity contribution in [2.24, 2.45) is 0 Å². The van der Waals surface area contributed by atoms with Crippen LogP contribution in [0.1, 0.15) is 15.9 Å². The number of aromatic nitrogens is 3. The molecule has 1 N–H and O–H groups in total. The van der Waals surface area contributed by atoms with Gasteiger partial charge >= 0.3 is 0 Å². The van der Waals surface area contributed by atoms with Gasteiger partial charge in [-0.2, -0.15) is 5.10 Å². The molecule has 1 aromatic heterocycles. The number of methoxy groups -OCH3 is 1. The van der Waals surface area contributed by atoms with Crippen LogP contribution in [0.4, 0.5) is 0 Å². The van der Waals surface area contributed by atoms with Gasteiger partial charge in [0.05, 0.1) is 7.11 Å². The average molecular weight is 249 g/mol. The average Bonchev–Trinajstić information content (AvgIpc) is 2.89. The molecule has 0 bridgehead atoms. The summed E-state index contributed by atoms with van der Waals surface area (Å²) in [6.07, 6.45) is 2.28. The smallest absolute Gasteiger partial charge is 0.183 e. The second-order valence-electron chi connectivity index (χ2n) is 3.27. The van der Waals surface area contributed by atoms with Gasteiger partial charge in [0.2, 0.25) is 0 Å². The molecule has 0 aliphatic heterocycles. The van der Waals surface area contributed by atoms with E-state index in [1.165, 1.54) is 18.1 Å². The maximum atomic E-state index is 10.7. The highest BCUT2D eigenvalue weighted by atomic mass is 32.2. The third-order valence-electron chi connectivity index (χ3n) is 2.20. The standard InChI is InChI=1S/C11H11N3O2S/c1-16-10-3-2-8(5-15)4-9(10)6-17-11-12-7-13-14-11/h2-5,7H,6H2,1H3,(H,12,13,14). The SMILES string of the molecule is COc1ccc(C=O)cc1CSc1ncn[nH]1. The molecule has 0 radical (unpaired) electrons. The third-order valence-corrected chi connectivity index (χ3v) is 3.12. The summed E-state index contributed by atoms with van der Waals surface area (Å²) in [5.41, 5.74) is 1.59. The summed E-state index contributed by atoms with van der Waals surface area (Å²) in [6, 6.07) is 5.34. The first-order valence-corrected chi connectivity index (χ1v) is 5.92. The van der Waals surface area contributed by atoms with Gasteiger partial charge in [0.1, 0.15) is 18.4 Å². The summed E-state index contributed by atoms with van der Waals surface area (Å²) >= 11 is 1.50. The van der Waals surface area contributed by atoms with Crippen molar-refractivity contribution >= 4 is 18.0 Å². The molecule has 0 saturated heterocycles. The molecular weight excluding hydrogens is 238 g/mol. The van der Waals surface area contributed by atoms with Gasteiger partial charge < -0.3 is 4.74 Å². The lowest BCUT2D eigenvalue weighted by Gasteiger charge is -2.07. The van der Waals surface area contributed by atoms with Crippen LogP contribution in [0.15, 0.2) is 29.7 Å². The van der Waals surface area contributed by atoms with E-state index in [0.29, 0.717) is 11.3 Å². The second kappa shape index (κ2) is 5.49. The molecule has 0 unspecified atom stereocenters. The Bertz CT molecular complexity index is 499. The van der Waals surface area contributed by atoms with Gasteiger partial charge in [-0.1, -0.05) is 11.8 Å². The van der Waals surface area contributed by atoms with Crippen LogP contribution in [0, 0.1) is 0 Å². The van der Waals surface area contributed by atoms with Crippen LogP contribution in [0.5, 0.6) is 5.75 Å². The van der Waals surface area contributed by atoms with Crippen LogP contribution in [0.2, 0.25) is 0 Å². The lowest BCUT2D eigenvalue weighted by atomic mass is 10.1. The van der Waals surface area contributed by atoms with Crippen LogP contribution < -0.4 is 4.74 Å². The van der Waals surface area contributed by atoms with Crippen molar-refractivity contribution in [2.45, 2.75) is 10.9 Å². The largest absolute Gasteiger partial charge is 0.496 e. The van der Waals surface area contributed by atoms with E-state index in [-0.39, 0.29) is 0 Å². The summed E-state index contributed by atoms with van der Waals surface area (Å²) in [5.74, 6) is 1.43. The number of hydrogen-bond acceptors (Lipinski definition) is 5. The van der Waals surface area contributed by atoms with Gasteiger partial charge in [0.25, 0.3) is 0 Å². The Kier molecular flexibility index (Phi) is 3.77. The quantitative estimate of drug-likeness (QED) is 0.647. The Hall–Kier alpha value is -1.82. The minimum atomic E-state index is 0.638. The minimum absolute atomic E-state index is 0.638. The maximum absolute atomic E-state index is 10.7. The summed E-state index contributed by atoms with van der Waals surface area (Å²) < 4.78 is 5.24. The fourth-order valence-corrected chi connectivity index (χ4v) is 2.15. The molecule has 88 valence electrons. The molecule has 0 atom stereocenters. The van der Waals surface area contributed by atoms with Crippen molar-refractivity contribution in [3.63, 3.8) is 0 Å². The summed E-state index contributed by atoms with van der Waals surface area (Å²) in [4.78, 5) is 14.7. The molecule has 0 saturated carbocycles. The first-order chi connectivity index (χ1) is 8.33. The first kappa shape index (κ1) is 11.7. The number of ether oxygens (including phenoxy) is 1. The van der Waals surface area contributed by atoms with Gasteiger partial charge in [-0.05, 0) is 18.2 Å². The van der Waals surface area contributed by atoms with E-state index in [4.69, 9.17) is 4.74 Å². The molecule has 1 aromatic carbocycles. The number of nitrogens with zero attached hydrogens (tertiary/aromatic N) is 2. The molecule has 2 aromatic rings. The van der Waals surface area contributed by atoms with Crippen molar-refractivity contribution in [3.05, 3.63) is 35.7 Å². The number of aromatic amines is 1. The normalized spacial score (nSPS) is 10.2. The van der Waals surface area contributed by atoms with Gasteiger partial charge in [-0.3, -0.25) is 9.89 Å². The Morgan fingerprint density at radius 3 is 3.06 bits per heavy atom. The van der Waals surface area contributed by atoms with Crippen molar-refractivity contribution in [3.8, 4) is 5.75 Å². The Labute approximate surface area is 103 Å². The number of hydrogen-bond donors (Lipinski definition) is 1.